The summed E-state index contributed by atoms with van der Waals surface area (Å²) in [5, 5.41) is 10.0. The van der Waals surface area contributed by atoms with Gasteiger partial charge in [0.15, 0.2) is 0 Å². The van der Waals surface area contributed by atoms with E-state index in [2.05, 4.69) is 0 Å². The Labute approximate surface area is 87.5 Å². The van der Waals surface area contributed by atoms with Crippen LogP contribution in [-0.4, -0.2) is 10.7 Å². The molecule has 1 aromatic rings. The topological polar surface area (TPSA) is 20.2 Å². The van der Waals surface area contributed by atoms with Crippen molar-refractivity contribution in [1.29, 1.82) is 0 Å². The minimum absolute atomic E-state index is 0.146. The molecule has 1 aliphatic carbocycles. The van der Waals surface area contributed by atoms with E-state index in [1.54, 1.807) is 12.1 Å². The zero-order valence-corrected chi connectivity index (χ0v) is 8.52. The van der Waals surface area contributed by atoms with Crippen molar-refractivity contribution in [2.45, 2.75) is 31.3 Å². The van der Waals surface area contributed by atoms with Gasteiger partial charge in [-0.15, -0.1) is 0 Å². The van der Waals surface area contributed by atoms with Gasteiger partial charge in [0.1, 0.15) is 5.82 Å². The van der Waals surface area contributed by atoms with Gasteiger partial charge < -0.3 is 5.11 Å². The van der Waals surface area contributed by atoms with Crippen molar-refractivity contribution in [3.8, 4) is 0 Å². The van der Waals surface area contributed by atoms with Gasteiger partial charge in [-0.25, -0.2) is 4.39 Å². The van der Waals surface area contributed by atoms with Crippen molar-refractivity contribution in [2.24, 2.45) is 0 Å². The summed E-state index contributed by atoms with van der Waals surface area (Å²) in [4.78, 5) is 0. The fourth-order valence-corrected chi connectivity index (χ4v) is 1.99. The van der Waals surface area contributed by atoms with Crippen LogP contribution < -0.4 is 0 Å². The monoisotopic (exact) mass is 214 g/mol. The maximum absolute atomic E-state index is 13.1. The first kappa shape index (κ1) is 9.94. The summed E-state index contributed by atoms with van der Waals surface area (Å²) < 4.78 is 13.1. The largest absolute Gasteiger partial charge is 0.390 e. The highest BCUT2D eigenvalue weighted by atomic mass is 35.5. The quantitative estimate of drug-likeness (QED) is 0.803. The predicted molar refractivity (Wildman–Crippen MR) is 53.9 cm³/mol. The number of hydrogen-bond donors (Lipinski definition) is 1. The summed E-state index contributed by atoms with van der Waals surface area (Å²) in [5.74, 6) is -0.410. The van der Waals surface area contributed by atoms with Crippen LogP contribution in [0.5, 0.6) is 0 Å². The Balaban J connectivity index is 2.20. The normalized spacial score (nSPS) is 19.1. The Morgan fingerprint density at radius 1 is 1.43 bits per heavy atom. The Morgan fingerprint density at radius 2 is 2.14 bits per heavy atom. The fraction of sp³-hybridized carbons (Fsp3) is 0.455. The molecule has 1 aliphatic rings. The van der Waals surface area contributed by atoms with Crippen molar-refractivity contribution in [3.05, 3.63) is 34.6 Å². The molecule has 14 heavy (non-hydrogen) atoms. The molecule has 2 rings (SSSR count). The van der Waals surface area contributed by atoms with Crippen molar-refractivity contribution >= 4 is 11.6 Å². The van der Waals surface area contributed by atoms with E-state index < -0.39 is 11.4 Å². The molecule has 1 nitrogen and oxygen atoms in total. The summed E-state index contributed by atoms with van der Waals surface area (Å²) in [7, 11) is 0. The lowest BCUT2D eigenvalue weighted by Crippen LogP contribution is -2.39. The zero-order chi connectivity index (χ0) is 10.2. The van der Waals surface area contributed by atoms with Gasteiger partial charge in [0.2, 0.25) is 0 Å². The zero-order valence-electron chi connectivity index (χ0n) is 7.76. The van der Waals surface area contributed by atoms with Gasteiger partial charge in [0, 0.05) is 6.42 Å². The molecular formula is C11H12ClFO. The van der Waals surface area contributed by atoms with Crippen molar-refractivity contribution in [2.75, 3.05) is 0 Å². The van der Waals surface area contributed by atoms with Crippen LogP contribution >= 0.6 is 11.6 Å². The predicted octanol–water partition coefficient (Wildman–Crippen LogP) is 2.94. The van der Waals surface area contributed by atoms with Gasteiger partial charge in [-0.05, 0) is 30.9 Å². The van der Waals surface area contributed by atoms with Gasteiger partial charge in [-0.2, -0.15) is 0 Å². The van der Waals surface area contributed by atoms with E-state index in [0.29, 0.717) is 12.0 Å². The van der Waals surface area contributed by atoms with E-state index in [-0.39, 0.29) is 5.02 Å². The number of benzene rings is 1. The Kier molecular flexibility index (Phi) is 2.50. The first-order chi connectivity index (χ1) is 6.61. The Morgan fingerprint density at radius 3 is 2.71 bits per heavy atom. The second kappa shape index (κ2) is 3.52. The summed E-state index contributed by atoms with van der Waals surface area (Å²) in [5.41, 5.74) is 0.0612. The van der Waals surface area contributed by atoms with E-state index in [4.69, 9.17) is 11.6 Å². The molecule has 0 spiro atoms. The molecule has 0 amide bonds. The molecule has 1 fully saturated rings. The lowest BCUT2D eigenvalue weighted by Gasteiger charge is -2.36. The lowest BCUT2D eigenvalue weighted by molar-refractivity contribution is -0.0323. The maximum atomic E-state index is 13.1. The van der Waals surface area contributed by atoms with E-state index in [1.807, 2.05) is 0 Å². The van der Waals surface area contributed by atoms with E-state index >= 15 is 0 Å². The first-order valence-electron chi connectivity index (χ1n) is 4.76. The molecule has 1 saturated carbocycles. The molecular weight excluding hydrogens is 203 g/mol. The third-order valence-corrected chi connectivity index (χ3v) is 3.26. The molecule has 0 heterocycles. The summed E-state index contributed by atoms with van der Waals surface area (Å²) in [6, 6.07) is 4.72. The van der Waals surface area contributed by atoms with Crippen LogP contribution in [0.4, 0.5) is 4.39 Å². The molecule has 1 N–H and O–H groups in total. The maximum Gasteiger partial charge on any atom is 0.142 e. The molecule has 0 saturated heterocycles. The van der Waals surface area contributed by atoms with Crippen LogP contribution in [0.2, 0.25) is 5.02 Å². The van der Waals surface area contributed by atoms with E-state index in [0.717, 1.165) is 19.3 Å². The van der Waals surface area contributed by atoms with Gasteiger partial charge in [0.25, 0.3) is 0 Å². The summed E-state index contributed by atoms with van der Waals surface area (Å²) >= 11 is 5.79. The van der Waals surface area contributed by atoms with Crippen molar-refractivity contribution in [1.82, 2.24) is 0 Å². The number of aliphatic hydroxyl groups is 1. The van der Waals surface area contributed by atoms with Crippen LogP contribution in [0.1, 0.15) is 24.8 Å². The van der Waals surface area contributed by atoms with Gasteiger partial charge in [-0.3, -0.25) is 0 Å². The molecule has 1 aromatic carbocycles. The minimum Gasteiger partial charge on any atom is -0.390 e. The van der Waals surface area contributed by atoms with Gasteiger partial charge in [0.05, 0.1) is 10.6 Å². The number of rotatable bonds is 2. The highest BCUT2D eigenvalue weighted by Crippen LogP contribution is 2.36. The lowest BCUT2D eigenvalue weighted by atomic mass is 9.76. The molecule has 0 radical (unpaired) electrons. The van der Waals surface area contributed by atoms with Crippen LogP contribution in [0, 0.1) is 5.82 Å². The minimum atomic E-state index is -0.641. The molecule has 0 aromatic heterocycles. The number of hydrogen-bond acceptors (Lipinski definition) is 1. The Bertz CT molecular complexity index is 347. The van der Waals surface area contributed by atoms with Gasteiger partial charge >= 0.3 is 0 Å². The van der Waals surface area contributed by atoms with Crippen molar-refractivity contribution < 1.29 is 9.50 Å². The average Bonchev–Trinajstić information content (AvgIpc) is 2.10. The summed E-state index contributed by atoms with van der Waals surface area (Å²) in [6.45, 7) is 0. The second-order valence-electron chi connectivity index (χ2n) is 3.97. The third-order valence-electron chi connectivity index (χ3n) is 2.84. The van der Waals surface area contributed by atoms with E-state index in [9.17, 15) is 9.50 Å². The third kappa shape index (κ3) is 1.77. The Hall–Kier alpha value is -0.600. The highest BCUT2D eigenvalue weighted by Gasteiger charge is 2.34. The van der Waals surface area contributed by atoms with Gasteiger partial charge in [-0.1, -0.05) is 23.7 Å². The fourth-order valence-electron chi connectivity index (χ4n) is 1.80. The molecule has 0 aliphatic heterocycles. The summed E-state index contributed by atoms with van der Waals surface area (Å²) in [6.07, 6.45) is 3.09. The molecule has 3 heteroatoms. The van der Waals surface area contributed by atoms with Crippen LogP contribution in [0.15, 0.2) is 18.2 Å². The standard InChI is InChI=1S/C11H12ClFO/c12-10-8(3-1-4-9(10)13)7-11(14)5-2-6-11/h1,3-4,14H,2,5-7H2. The highest BCUT2D eigenvalue weighted by molar-refractivity contribution is 6.31. The van der Waals surface area contributed by atoms with Crippen LogP contribution in [-0.2, 0) is 6.42 Å². The average molecular weight is 215 g/mol. The molecule has 0 bridgehead atoms. The van der Waals surface area contributed by atoms with Crippen molar-refractivity contribution in [3.63, 3.8) is 0 Å². The smallest absolute Gasteiger partial charge is 0.142 e. The number of halogens is 2. The molecule has 76 valence electrons. The van der Waals surface area contributed by atoms with E-state index in [1.165, 1.54) is 6.07 Å². The second-order valence-corrected chi connectivity index (χ2v) is 4.35. The molecule has 0 unspecified atom stereocenters. The SMILES string of the molecule is OC1(Cc2cccc(F)c2Cl)CCC1. The van der Waals surface area contributed by atoms with Crippen LogP contribution in [0.25, 0.3) is 0 Å². The molecule has 0 atom stereocenters. The first-order valence-corrected chi connectivity index (χ1v) is 5.14. The van der Waals surface area contributed by atoms with Crippen LogP contribution in [0.3, 0.4) is 0 Å².